The lowest BCUT2D eigenvalue weighted by atomic mass is 9.78. The van der Waals surface area contributed by atoms with E-state index in [4.69, 9.17) is 0 Å². The van der Waals surface area contributed by atoms with E-state index < -0.39 is 5.60 Å². The van der Waals surface area contributed by atoms with Gasteiger partial charge in [0.25, 0.3) is 0 Å². The van der Waals surface area contributed by atoms with Gasteiger partial charge in [-0.3, -0.25) is 4.79 Å². The highest BCUT2D eigenvalue weighted by atomic mass is 16.3. The molecule has 1 saturated heterocycles. The van der Waals surface area contributed by atoms with Crippen LogP contribution in [0.5, 0.6) is 0 Å². The van der Waals surface area contributed by atoms with Gasteiger partial charge in [-0.25, -0.2) is 0 Å². The molecule has 1 atom stereocenters. The van der Waals surface area contributed by atoms with Gasteiger partial charge in [0.05, 0.1) is 6.04 Å². The molecule has 0 bridgehead atoms. The van der Waals surface area contributed by atoms with Gasteiger partial charge in [0.2, 0.25) is 5.91 Å². The summed E-state index contributed by atoms with van der Waals surface area (Å²) in [5.41, 5.74) is 2.90. The molecule has 2 aromatic carbocycles. The Labute approximate surface area is 156 Å². The monoisotopic (exact) mass is 351 g/mol. The minimum Gasteiger partial charge on any atom is -0.378 e. The Morgan fingerprint density at radius 1 is 0.885 bits per heavy atom. The van der Waals surface area contributed by atoms with Gasteiger partial charge >= 0.3 is 0 Å². The summed E-state index contributed by atoms with van der Waals surface area (Å²) in [7, 11) is 0. The Hall–Kier alpha value is -2.13. The van der Waals surface area contributed by atoms with Crippen LogP contribution in [0.15, 0.2) is 48.5 Å². The highest BCUT2D eigenvalue weighted by Gasteiger charge is 2.43. The smallest absolute Gasteiger partial charge is 0.220 e. The molecule has 1 aliphatic heterocycles. The third kappa shape index (κ3) is 3.41. The Morgan fingerprint density at radius 2 is 1.31 bits per heavy atom. The van der Waals surface area contributed by atoms with Crippen molar-refractivity contribution < 1.29 is 9.90 Å². The molecule has 0 unspecified atom stereocenters. The van der Waals surface area contributed by atoms with Gasteiger partial charge in [0, 0.05) is 6.42 Å². The fourth-order valence-corrected chi connectivity index (χ4v) is 3.74. The quantitative estimate of drug-likeness (QED) is 0.836. The minimum absolute atomic E-state index is 0.00558. The molecular formula is C23H29NO2. The van der Waals surface area contributed by atoms with Crippen molar-refractivity contribution in [1.82, 2.24) is 5.32 Å². The summed E-state index contributed by atoms with van der Waals surface area (Å²) >= 11 is 0. The first kappa shape index (κ1) is 18.7. The maximum absolute atomic E-state index is 11.8. The SMILES string of the molecule is CC(C)c1ccc(C(O)(c2ccc(C(C)C)cc2)[C@@H]2CCC(=O)N2)cc1. The van der Waals surface area contributed by atoms with E-state index in [0.717, 1.165) is 11.1 Å². The van der Waals surface area contributed by atoms with E-state index in [-0.39, 0.29) is 11.9 Å². The van der Waals surface area contributed by atoms with Gasteiger partial charge in [-0.15, -0.1) is 0 Å². The molecule has 0 radical (unpaired) electrons. The first-order chi connectivity index (χ1) is 12.3. The lowest BCUT2D eigenvalue weighted by Gasteiger charge is -2.35. The van der Waals surface area contributed by atoms with E-state index in [9.17, 15) is 9.90 Å². The van der Waals surface area contributed by atoms with Crippen LogP contribution in [-0.2, 0) is 10.4 Å². The van der Waals surface area contributed by atoms with Crippen molar-refractivity contribution in [3.05, 3.63) is 70.8 Å². The summed E-state index contributed by atoms with van der Waals surface area (Å²) < 4.78 is 0. The summed E-state index contributed by atoms with van der Waals surface area (Å²) in [6.45, 7) is 8.62. The predicted molar refractivity (Wildman–Crippen MR) is 105 cm³/mol. The van der Waals surface area contributed by atoms with Crippen LogP contribution >= 0.6 is 0 Å². The summed E-state index contributed by atoms with van der Waals surface area (Å²) in [6.07, 6.45) is 1.09. The molecule has 1 amide bonds. The number of aliphatic hydroxyl groups is 1. The van der Waals surface area contributed by atoms with Crippen LogP contribution in [0.1, 0.15) is 74.6 Å². The van der Waals surface area contributed by atoms with Crippen molar-refractivity contribution in [1.29, 1.82) is 0 Å². The van der Waals surface area contributed by atoms with E-state index in [1.54, 1.807) is 0 Å². The normalized spacial score (nSPS) is 17.8. The van der Waals surface area contributed by atoms with Crippen LogP contribution in [0, 0.1) is 0 Å². The van der Waals surface area contributed by atoms with Crippen molar-refractivity contribution in [2.45, 2.75) is 64.0 Å². The van der Waals surface area contributed by atoms with Crippen molar-refractivity contribution in [2.24, 2.45) is 0 Å². The van der Waals surface area contributed by atoms with Gasteiger partial charge in [0.15, 0.2) is 0 Å². The Bertz CT molecular complexity index is 708. The molecule has 3 heteroatoms. The molecule has 1 aliphatic rings. The highest BCUT2D eigenvalue weighted by molar-refractivity contribution is 5.79. The third-order valence-electron chi connectivity index (χ3n) is 5.53. The number of hydrogen-bond donors (Lipinski definition) is 2. The Balaban J connectivity index is 2.05. The van der Waals surface area contributed by atoms with E-state index in [0.29, 0.717) is 24.7 Å². The molecule has 0 aromatic heterocycles. The molecular weight excluding hydrogens is 322 g/mol. The maximum atomic E-state index is 11.8. The summed E-state index contributed by atoms with van der Waals surface area (Å²) in [6, 6.07) is 16.0. The second-order valence-electron chi connectivity index (χ2n) is 7.98. The van der Waals surface area contributed by atoms with Gasteiger partial charge < -0.3 is 10.4 Å². The third-order valence-corrected chi connectivity index (χ3v) is 5.53. The van der Waals surface area contributed by atoms with Crippen LogP contribution in [0.3, 0.4) is 0 Å². The first-order valence-electron chi connectivity index (χ1n) is 9.55. The zero-order valence-corrected chi connectivity index (χ0v) is 16.1. The topological polar surface area (TPSA) is 49.3 Å². The van der Waals surface area contributed by atoms with Crippen LogP contribution in [0.25, 0.3) is 0 Å². The fraction of sp³-hybridized carbons (Fsp3) is 0.435. The van der Waals surface area contributed by atoms with Gasteiger partial charge in [-0.2, -0.15) is 0 Å². The largest absolute Gasteiger partial charge is 0.378 e. The van der Waals surface area contributed by atoms with E-state index in [2.05, 4.69) is 57.3 Å². The maximum Gasteiger partial charge on any atom is 0.220 e. The number of carbonyl (C=O) groups is 1. The molecule has 0 aliphatic carbocycles. The van der Waals surface area contributed by atoms with Crippen LogP contribution in [0.2, 0.25) is 0 Å². The lowest BCUT2D eigenvalue weighted by molar-refractivity contribution is -0.120. The van der Waals surface area contributed by atoms with Crippen molar-refractivity contribution in [3.8, 4) is 0 Å². The van der Waals surface area contributed by atoms with Gasteiger partial charge in [-0.05, 0) is 40.5 Å². The molecule has 1 heterocycles. The predicted octanol–water partition coefficient (Wildman–Crippen LogP) is 4.45. The second-order valence-corrected chi connectivity index (χ2v) is 7.98. The van der Waals surface area contributed by atoms with Crippen molar-refractivity contribution >= 4 is 5.91 Å². The average molecular weight is 351 g/mol. The molecule has 0 saturated carbocycles. The summed E-state index contributed by atoms with van der Waals surface area (Å²) in [5.74, 6) is 0.883. The summed E-state index contributed by atoms with van der Waals surface area (Å²) in [4.78, 5) is 11.8. The molecule has 2 aromatic rings. The van der Waals surface area contributed by atoms with Crippen LogP contribution in [-0.4, -0.2) is 17.1 Å². The number of carbonyl (C=O) groups excluding carboxylic acids is 1. The molecule has 3 rings (SSSR count). The van der Waals surface area contributed by atoms with Gasteiger partial charge in [-0.1, -0.05) is 76.2 Å². The molecule has 2 N–H and O–H groups in total. The molecule has 1 fully saturated rings. The number of benzene rings is 2. The van der Waals surface area contributed by atoms with E-state index in [1.807, 2.05) is 24.3 Å². The standard InChI is InChI=1S/C23H29NO2/c1-15(2)17-5-9-19(10-6-17)23(26,21-13-14-22(25)24-21)20-11-7-18(8-12-20)16(3)4/h5-12,15-16,21,26H,13-14H2,1-4H3,(H,24,25)/t21-/m0/s1. The minimum atomic E-state index is -1.23. The Morgan fingerprint density at radius 3 is 1.62 bits per heavy atom. The number of rotatable bonds is 5. The number of hydrogen-bond acceptors (Lipinski definition) is 2. The zero-order chi connectivity index (χ0) is 18.9. The van der Waals surface area contributed by atoms with Crippen LogP contribution in [0.4, 0.5) is 0 Å². The molecule has 3 nitrogen and oxygen atoms in total. The number of nitrogens with one attached hydrogen (secondary N) is 1. The van der Waals surface area contributed by atoms with E-state index in [1.165, 1.54) is 11.1 Å². The van der Waals surface area contributed by atoms with Gasteiger partial charge in [0.1, 0.15) is 5.60 Å². The lowest BCUT2D eigenvalue weighted by Crippen LogP contribution is -2.47. The number of amides is 1. The average Bonchev–Trinajstić information content (AvgIpc) is 3.08. The first-order valence-corrected chi connectivity index (χ1v) is 9.55. The van der Waals surface area contributed by atoms with Crippen molar-refractivity contribution in [2.75, 3.05) is 0 Å². The summed E-state index contributed by atoms with van der Waals surface area (Å²) in [5, 5.41) is 14.8. The molecule has 26 heavy (non-hydrogen) atoms. The highest BCUT2D eigenvalue weighted by Crippen LogP contribution is 2.37. The zero-order valence-electron chi connectivity index (χ0n) is 16.1. The Kier molecular flexibility index (Phi) is 5.19. The second kappa shape index (κ2) is 7.24. The van der Waals surface area contributed by atoms with Crippen molar-refractivity contribution in [3.63, 3.8) is 0 Å². The molecule has 138 valence electrons. The molecule has 0 spiro atoms. The van der Waals surface area contributed by atoms with E-state index >= 15 is 0 Å². The fourth-order valence-electron chi connectivity index (χ4n) is 3.74. The van der Waals surface area contributed by atoms with Crippen LogP contribution < -0.4 is 5.32 Å².